The molecule has 0 spiro atoms. The molecule has 1 aliphatic carbocycles. The van der Waals surface area contributed by atoms with E-state index >= 15 is 0 Å². The zero-order chi connectivity index (χ0) is 14.5. The molecule has 1 aliphatic rings. The van der Waals surface area contributed by atoms with Gasteiger partial charge in [0.05, 0.1) is 10.5 Å². The van der Waals surface area contributed by atoms with E-state index in [0.717, 1.165) is 24.2 Å². The molecule has 1 saturated carbocycles. The monoisotopic (exact) mass is 333 g/mol. The van der Waals surface area contributed by atoms with E-state index in [1.807, 2.05) is 0 Å². The van der Waals surface area contributed by atoms with Crippen LogP contribution >= 0.6 is 23.7 Å². The number of carbonyl (C=O) groups excluding carboxylic acids is 1. The topological polar surface area (TPSA) is 98.3 Å². The Morgan fingerprint density at radius 3 is 2.67 bits per heavy atom. The third kappa shape index (κ3) is 4.66. The highest BCUT2D eigenvalue weighted by Gasteiger charge is 2.25. The summed E-state index contributed by atoms with van der Waals surface area (Å²) < 4.78 is 0. The Balaban J connectivity index is 0.00000220. The number of nitrogens with zero attached hydrogens (tertiary/aromatic N) is 1. The van der Waals surface area contributed by atoms with E-state index in [2.05, 4.69) is 5.32 Å². The van der Waals surface area contributed by atoms with Crippen molar-refractivity contribution in [2.45, 2.75) is 38.1 Å². The molecule has 0 bridgehead atoms. The first-order valence-electron chi connectivity index (χ1n) is 6.85. The highest BCUT2D eigenvalue weighted by molar-refractivity contribution is 7.13. The second kappa shape index (κ2) is 8.31. The molecule has 21 heavy (non-hydrogen) atoms. The van der Waals surface area contributed by atoms with Gasteiger partial charge in [0.15, 0.2) is 0 Å². The van der Waals surface area contributed by atoms with Crippen LogP contribution in [-0.4, -0.2) is 23.4 Å². The summed E-state index contributed by atoms with van der Waals surface area (Å²) in [5.74, 6) is 0.154. The maximum Gasteiger partial charge on any atom is 0.324 e. The number of halogens is 1. The van der Waals surface area contributed by atoms with Gasteiger partial charge in [0.1, 0.15) is 0 Å². The van der Waals surface area contributed by atoms with E-state index in [9.17, 15) is 14.9 Å². The molecule has 2 rings (SSSR count). The van der Waals surface area contributed by atoms with E-state index < -0.39 is 4.92 Å². The second-order valence-corrected chi connectivity index (χ2v) is 6.03. The van der Waals surface area contributed by atoms with Gasteiger partial charge in [-0.3, -0.25) is 14.9 Å². The molecule has 6 nitrogen and oxygen atoms in total. The number of thiophene rings is 1. The fourth-order valence-corrected chi connectivity index (χ4v) is 3.40. The molecule has 1 amide bonds. The van der Waals surface area contributed by atoms with E-state index in [0.29, 0.717) is 18.0 Å². The Morgan fingerprint density at radius 2 is 2.14 bits per heavy atom. The SMILES string of the molecule is Cl.NCC(NC(=O)c1csc([N+](=O)[O-])c1)C1CCCCC1. The molecule has 118 valence electrons. The number of rotatable bonds is 5. The van der Waals surface area contributed by atoms with Gasteiger partial charge in [0.25, 0.3) is 5.91 Å². The average Bonchev–Trinajstić information content (AvgIpc) is 2.95. The van der Waals surface area contributed by atoms with Crippen LogP contribution in [0.5, 0.6) is 0 Å². The minimum atomic E-state index is -0.483. The Kier molecular flexibility index (Phi) is 7.07. The maximum absolute atomic E-state index is 12.1. The lowest BCUT2D eigenvalue weighted by molar-refractivity contribution is -0.380. The van der Waals surface area contributed by atoms with Crippen molar-refractivity contribution in [3.05, 3.63) is 27.1 Å². The van der Waals surface area contributed by atoms with E-state index in [4.69, 9.17) is 5.73 Å². The molecule has 3 N–H and O–H groups in total. The summed E-state index contributed by atoms with van der Waals surface area (Å²) in [5, 5.41) is 15.1. The summed E-state index contributed by atoms with van der Waals surface area (Å²) in [6, 6.07) is 1.27. The molecule has 1 aromatic heterocycles. The van der Waals surface area contributed by atoms with Gasteiger partial charge in [0, 0.05) is 24.0 Å². The quantitative estimate of drug-likeness (QED) is 0.639. The summed E-state index contributed by atoms with van der Waals surface area (Å²) in [6.07, 6.45) is 5.79. The van der Waals surface area contributed by atoms with E-state index in [-0.39, 0.29) is 29.4 Å². The molecule has 0 saturated heterocycles. The first-order chi connectivity index (χ1) is 9.61. The van der Waals surface area contributed by atoms with Crippen LogP contribution in [0, 0.1) is 16.0 Å². The molecule has 1 atom stereocenters. The molecule has 0 radical (unpaired) electrons. The Morgan fingerprint density at radius 1 is 1.48 bits per heavy atom. The van der Waals surface area contributed by atoms with Crippen LogP contribution in [0.3, 0.4) is 0 Å². The largest absolute Gasteiger partial charge is 0.348 e. The third-order valence-corrected chi connectivity index (χ3v) is 4.70. The number of hydrogen-bond acceptors (Lipinski definition) is 5. The zero-order valence-electron chi connectivity index (χ0n) is 11.6. The van der Waals surface area contributed by atoms with E-state index in [1.165, 1.54) is 30.7 Å². The summed E-state index contributed by atoms with van der Waals surface area (Å²) in [6.45, 7) is 0.405. The third-order valence-electron chi connectivity index (χ3n) is 3.82. The number of hydrogen-bond donors (Lipinski definition) is 2. The van der Waals surface area contributed by atoms with Crippen molar-refractivity contribution in [2.24, 2.45) is 11.7 Å². The van der Waals surface area contributed by atoms with Gasteiger partial charge in [-0.2, -0.15) is 0 Å². The summed E-state index contributed by atoms with van der Waals surface area (Å²) in [7, 11) is 0. The van der Waals surface area contributed by atoms with Crippen molar-refractivity contribution in [3.8, 4) is 0 Å². The van der Waals surface area contributed by atoms with Crippen molar-refractivity contribution < 1.29 is 9.72 Å². The van der Waals surface area contributed by atoms with Gasteiger partial charge in [0.2, 0.25) is 0 Å². The lowest BCUT2D eigenvalue weighted by Crippen LogP contribution is -2.45. The standard InChI is InChI=1S/C13H19N3O3S.ClH/c14-7-11(9-4-2-1-3-5-9)15-13(17)10-6-12(16(18)19)20-8-10;/h6,8-9,11H,1-5,7,14H2,(H,15,17);1H. The predicted molar refractivity (Wildman–Crippen MR) is 85.1 cm³/mol. The molecule has 1 fully saturated rings. The minimum Gasteiger partial charge on any atom is -0.348 e. The van der Waals surface area contributed by atoms with Crippen LogP contribution < -0.4 is 11.1 Å². The Labute approximate surface area is 133 Å². The number of nitro groups is 1. The highest BCUT2D eigenvalue weighted by Crippen LogP contribution is 2.27. The number of amides is 1. The van der Waals surface area contributed by atoms with Gasteiger partial charge in [-0.1, -0.05) is 30.6 Å². The first-order valence-corrected chi connectivity index (χ1v) is 7.73. The Bertz CT molecular complexity index is 489. The van der Waals surface area contributed by atoms with Crippen molar-refractivity contribution in [1.29, 1.82) is 0 Å². The van der Waals surface area contributed by atoms with Crippen LogP contribution in [0.1, 0.15) is 42.5 Å². The molecule has 0 aliphatic heterocycles. The number of carbonyl (C=O) groups is 1. The lowest BCUT2D eigenvalue weighted by Gasteiger charge is -2.29. The summed E-state index contributed by atoms with van der Waals surface area (Å²) in [4.78, 5) is 22.3. The molecular formula is C13H20ClN3O3S. The van der Waals surface area contributed by atoms with Crippen LogP contribution in [0.2, 0.25) is 0 Å². The van der Waals surface area contributed by atoms with Crippen LogP contribution in [-0.2, 0) is 0 Å². The zero-order valence-corrected chi connectivity index (χ0v) is 13.3. The van der Waals surface area contributed by atoms with Gasteiger partial charge in [-0.05, 0) is 18.8 Å². The van der Waals surface area contributed by atoms with Gasteiger partial charge in [-0.25, -0.2) is 0 Å². The second-order valence-electron chi connectivity index (χ2n) is 5.14. The minimum absolute atomic E-state index is 0. The van der Waals surface area contributed by atoms with Gasteiger partial charge >= 0.3 is 5.00 Å². The molecule has 8 heteroatoms. The fourth-order valence-electron chi connectivity index (χ4n) is 2.70. The smallest absolute Gasteiger partial charge is 0.324 e. The van der Waals surface area contributed by atoms with Gasteiger partial charge < -0.3 is 11.1 Å². The summed E-state index contributed by atoms with van der Waals surface area (Å²) >= 11 is 0.965. The Hall–Kier alpha value is -1.18. The van der Waals surface area contributed by atoms with Crippen molar-refractivity contribution in [3.63, 3.8) is 0 Å². The average molecular weight is 334 g/mol. The van der Waals surface area contributed by atoms with Crippen molar-refractivity contribution in [2.75, 3.05) is 6.54 Å². The fraction of sp³-hybridized carbons (Fsp3) is 0.615. The van der Waals surface area contributed by atoms with Crippen molar-refractivity contribution in [1.82, 2.24) is 5.32 Å². The predicted octanol–water partition coefficient (Wildman–Crippen LogP) is 2.72. The highest BCUT2D eigenvalue weighted by atomic mass is 35.5. The van der Waals surface area contributed by atoms with Crippen LogP contribution in [0.15, 0.2) is 11.4 Å². The lowest BCUT2D eigenvalue weighted by atomic mass is 9.84. The maximum atomic E-state index is 12.1. The normalized spacial score (nSPS) is 16.8. The van der Waals surface area contributed by atoms with Gasteiger partial charge in [-0.15, -0.1) is 12.4 Å². The number of nitrogens with two attached hydrogens (primary N) is 1. The molecule has 1 aromatic rings. The first kappa shape index (κ1) is 17.9. The van der Waals surface area contributed by atoms with Crippen molar-refractivity contribution >= 4 is 34.7 Å². The van der Waals surface area contributed by atoms with Crippen LogP contribution in [0.25, 0.3) is 0 Å². The molecule has 0 aromatic carbocycles. The molecular weight excluding hydrogens is 314 g/mol. The molecule has 1 unspecified atom stereocenters. The molecule has 1 heterocycles. The van der Waals surface area contributed by atoms with E-state index in [1.54, 1.807) is 0 Å². The number of nitrogens with one attached hydrogen (secondary N) is 1. The summed E-state index contributed by atoms with van der Waals surface area (Å²) in [5.41, 5.74) is 6.11. The van der Waals surface area contributed by atoms with Crippen LogP contribution in [0.4, 0.5) is 5.00 Å².